The van der Waals surface area contributed by atoms with Gasteiger partial charge in [-0.1, -0.05) is 35.5 Å². The summed E-state index contributed by atoms with van der Waals surface area (Å²) < 4.78 is 6.71. The minimum absolute atomic E-state index is 0.152. The number of carbonyl (C=O) groups excluding carboxylic acids is 1. The van der Waals surface area contributed by atoms with Crippen molar-refractivity contribution in [3.63, 3.8) is 0 Å². The number of fused-ring (bicyclic) bond motifs is 1. The number of aryl methyl sites for hydroxylation is 1. The van der Waals surface area contributed by atoms with E-state index >= 15 is 0 Å². The van der Waals surface area contributed by atoms with Crippen LogP contribution in [0.25, 0.3) is 0 Å². The first-order chi connectivity index (χ1) is 11.1. The van der Waals surface area contributed by atoms with Gasteiger partial charge in [-0.25, -0.2) is 9.48 Å². The fourth-order valence-electron chi connectivity index (χ4n) is 2.62. The molecule has 1 aromatic heterocycles. The smallest absolute Gasteiger partial charge is 0.415 e. The SMILES string of the molecule is Cn1nnc2c1N(C(=O)OCc1ccccc1)CCC2C(=O)O. The van der Waals surface area contributed by atoms with Gasteiger partial charge in [0.2, 0.25) is 0 Å². The van der Waals surface area contributed by atoms with Crippen LogP contribution in [0.15, 0.2) is 30.3 Å². The van der Waals surface area contributed by atoms with Crippen molar-refractivity contribution in [3.05, 3.63) is 41.6 Å². The Kier molecular flexibility index (Phi) is 3.96. The molecule has 1 unspecified atom stereocenters. The molecule has 0 fully saturated rings. The number of anilines is 1. The van der Waals surface area contributed by atoms with Gasteiger partial charge in [-0.3, -0.25) is 9.69 Å². The number of carboxylic acid groups (broad SMARTS) is 1. The third-order valence-corrected chi connectivity index (χ3v) is 3.77. The molecule has 0 radical (unpaired) electrons. The van der Waals surface area contributed by atoms with Gasteiger partial charge >= 0.3 is 12.1 Å². The van der Waals surface area contributed by atoms with Crippen molar-refractivity contribution >= 4 is 17.9 Å². The Labute approximate surface area is 132 Å². The minimum atomic E-state index is -0.968. The summed E-state index contributed by atoms with van der Waals surface area (Å²) in [6.45, 7) is 0.401. The summed E-state index contributed by atoms with van der Waals surface area (Å²) in [4.78, 5) is 25.0. The quantitative estimate of drug-likeness (QED) is 0.922. The average molecular weight is 316 g/mol. The highest BCUT2D eigenvalue weighted by Gasteiger charge is 2.37. The summed E-state index contributed by atoms with van der Waals surface area (Å²) in [5, 5.41) is 17.0. The van der Waals surface area contributed by atoms with Crippen molar-refractivity contribution < 1.29 is 19.4 Å². The van der Waals surface area contributed by atoms with Crippen molar-refractivity contribution in [2.45, 2.75) is 18.9 Å². The molecule has 2 heterocycles. The van der Waals surface area contributed by atoms with Crippen LogP contribution in [-0.2, 0) is 23.2 Å². The van der Waals surface area contributed by atoms with Crippen molar-refractivity contribution in [2.24, 2.45) is 7.05 Å². The van der Waals surface area contributed by atoms with E-state index in [1.807, 2.05) is 30.3 Å². The summed E-state index contributed by atoms with van der Waals surface area (Å²) in [6.07, 6.45) is -0.258. The summed E-state index contributed by atoms with van der Waals surface area (Å²) in [5.41, 5.74) is 1.17. The zero-order valence-corrected chi connectivity index (χ0v) is 12.5. The van der Waals surface area contributed by atoms with E-state index in [9.17, 15) is 14.7 Å². The van der Waals surface area contributed by atoms with Gasteiger partial charge in [0, 0.05) is 13.6 Å². The monoisotopic (exact) mass is 316 g/mol. The number of hydrogen-bond acceptors (Lipinski definition) is 5. The van der Waals surface area contributed by atoms with E-state index in [0.29, 0.717) is 11.5 Å². The maximum Gasteiger partial charge on any atom is 0.415 e. The maximum absolute atomic E-state index is 12.3. The summed E-state index contributed by atoms with van der Waals surface area (Å²) in [5.74, 6) is -1.34. The van der Waals surface area contributed by atoms with E-state index in [1.165, 1.54) is 9.58 Å². The largest absolute Gasteiger partial charge is 0.481 e. The number of rotatable bonds is 3. The zero-order chi connectivity index (χ0) is 16.4. The first kappa shape index (κ1) is 15.0. The third-order valence-electron chi connectivity index (χ3n) is 3.77. The topological polar surface area (TPSA) is 97.5 Å². The van der Waals surface area contributed by atoms with Crippen LogP contribution in [0.2, 0.25) is 0 Å². The lowest BCUT2D eigenvalue weighted by molar-refractivity contribution is -0.139. The van der Waals surface area contributed by atoms with Crippen molar-refractivity contribution in [3.8, 4) is 0 Å². The molecule has 2 aromatic rings. The second-order valence-corrected chi connectivity index (χ2v) is 5.29. The molecule has 0 bridgehead atoms. The highest BCUT2D eigenvalue weighted by Crippen LogP contribution is 2.33. The molecule has 8 heteroatoms. The lowest BCUT2D eigenvalue weighted by atomic mass is 9.97. The Bertz CT molecular complexity index is 728. The standard InChI is InChI=1S/C15H16N4O4/c1-18-13-12(16-17-18)11(14(20)21)7-8-19(13)15(22)23-9-10-5-3-2-4-6-10/h2-6,11H,7-9H2,1H3,(H,20,21). The van der Waals surface area contributed by atoms with Gasteiger partial charge in [0.1, 0.15) is 18.2 Å². The number of carboxylic acids is 1. The molecular weight excluding hydrogens is 300 g/mol. The van der Waals surface area contributed by atoms with E-state index in [1.54, 1.807) is 7.05 Å². The van der Waals surface area contributed by atoms with Crippen LogP contribution in [0.1, 0.15) is 23.6 Å². The van der Waals surface area contributed by atoms with Gasteiger partial charge in [0.05, 0.1) is 0 Å². The van der Waals surface area contributed by atoms with Crippen molar-refractivity contribution in [1.29, 1.82) is 0 Å². The molecule has 1 atom stereocenters. The molecule has 3 rings (SSSR count). The Morgan fingerprint density at radius 1 is 1.35 bits per heavy atom. The molecule has 1 aromatic carbocycles. The molecule has 0 aliphatic carbocycles. The predicted molar refractivity (Wildman–Crippen MR) is 80.0 cm³/mol. The highest BCUT2D eigenvalue weighted by atomic mass is 16.6. The number of benzene rings is 1. The molecule has 1 amide bonds. The molecule has 8 nitrogen and oxygen atoms in total. The Morgan fingerprint density at radius 3 is 2.78 bits per heavy atom. The molecule has 1 aliphatic rings. The molecule has 1 aliphatic heterocycles. The Hall–Kier alpha value is -2.90. The molecule has 23 heavy (non-hydrogen) atoms. The summed E-state index contributed by atoms with van der Waals surface area (Å²) >= 11 is 0. The Morgan fingerprint density at radius 2 is 2.09 bits per heavy atom. The molecule has 0 spiro atoms. The van der Waals surface area contributed by atoms with Gasteiger partial charge in [0.15, 0.2) is 5.82 Å². The van der Waals surface area contributed by atoms with Crippen molar-refractivity contribution in [2.75, 3.05) is 11.4 Å². The number of hydrogen-bond donors (Lipinski definition) is 1. The fourth-order valence-corrected chi connectivity index (χ4v) is 2.62. The molecular formula is C15H16N4O4. The second kappa shape index (κ2) is 6.07. The van der Waals surface area contributed by atoms with Crippen LogP contribution < -0.4 is 4.90 Å². The third kappa shape index (κ3) is 2.87. The van der Waals surface area contributed by atoms with Gasteiger partial charge in [0.25, 0.3) is 0 Å². The van der Waals surface area contributed by atoms with E-state index in [0.717, 1.165) is 5.56 Å². The van der Waals surface area contributed by atoms with E-state index < -0.39 is 18.0 Å². The number of aliphatic carboxylic acids is 1. The van der Waals surface area contributed by atoms with Crippen LogP contribution in [0.4, 0.5) is 10.6 Å². The summed E-state index contributed by atoms with van der Waals surface area (Å²) in [7, 11) is 1.62. The molecule has 0 saturated carbocycles. The van der Waals surface area contributed by atoms with Crippen LogP contribution in [0.5, 0.6) is 0 Å². The number of aromatic nitrogens is 3. The summed E-state index contributed by atoms with van der Waals surface area (Å²) in [6, 6.07) is 9.34. The van der Waals surface area contributed by atoms with E-state index in [-0.39, 0.29) is 19.6 Å². The van der Waals surface area contributed by atoms with Gasteiger partial charge in [-0.15, -0.1) is 5.10 Å². The fraction of sp³-hybridized carbons (Fsp3) is 0.333. The van der Waals surface area contributed by atoms with Crippen LogP contribution in [0.3, 0.4) is 0 Å². The predicted octanol–water partition coefficient (Wildman–Crippen LogP) is 1.53. The van der Waals surface area contributed by atoms with E-state index in [2.05, 4.69) is 10.3 Å². The van der Waals surface area contributed by atoms with Crippen LogP contribution >= 0.6 is 0 Å². The van der Waals surface area contributed by atoms with E-state index in [4.69, 9.17) is 4.74 Å². The molecule has 120 valence electrons. The van der Waals surface area contributed by atoms with Gasteiger partial charge in [-0.2, -0.15) is 0 Å². The number of carbonyl (C=O) groups is 2. The Balaban J connectivity index is 1.77. The second-order valence-electron chi connectivity index (χ2n) is 5.29. The van der Waals surface area contributed by atoms with Crippen molar-refractivity contribution in [1.82, 2.24) is 15.0 Å². The van der Waals surface area contributed by atoms with Crippen LogP contribution in [0, 0.1) is 0 Å². The first-order valence-electron chi connectivity index (χ1n) is 7.18. The minimum Gasteiger partial charge on any atom is -0.481 e. The maximum atomic E-state index is 12.3. The zero-order valence-electron chi connectivity index (χ0n) is 12.5. The molecule has 1 N–H and O–H groups in total. The first-order valence-corrected chi connectivity index (χ1v) is 7.18. The highest BCUT2D eigenvalue weighted by molar-refractivity contribution is 5.90. The number of ether oxygens (including phenoxy) is 1. The number of amides is 1. The normalized spacial score (nSPS) is 16.7. The molecule has 0 saturated heterocycles. The lowest BCUT2D eigenvalue weighted by Crippen LogP contribution is -2.39. The average Bonchev–Trinajstić information content (AvgIpc) is 2.95. The van der Waals surface area contributed by atoms with Crippen LogP contribution in [-0.4, -0.2) is 38.7 Å². The lowest BCUT2D eigenvalue weighted by Gasteiger charge is -2.28. The van der Waals surface area contributed by atoms with Gasteiger partial charge < -0.3 is 9.84 Å². The number of nitrogens with zero attached hydrogens (tertiary/aromatic N) is 4. The van der Waals surface area contributed by atoms with Gasteiger partial charge in [-0.05, 0) is 12.0 Å².